The van der Waals surface area contributed by atoms with E-state index in [1.54, 1.807) is 0 Å². The smallest absolute Gasteiger partial charge is 0.328 e. The molecule has 1 aliphatic rings. The number of carboxylic acid groups (broad SMARTS) is 1. The van der Waals surface area contributed by atoms with Crippen molar-refractivity contribution < 1.29 is 20.1 Å². The minimum Gasteiger partial charge on any atom is -0.480 e. The summed E-state index contributed by atoms with van der Waals surface area (Å²) in [5.74, 6) is -1.67. The normalized spacial score (nSPS) is 27.9. The Labute approximate surface area is 106 Å². The summed E-state index contributed by atoms with van der Waals surface area (Å²) in [4.78, 5) is 11.3. The zero-order chi connectivity index (χ0) is 13.9. The summed E-state index contributed by atoms with van der Waals surface area (Å²) in [5.41, 5.74) is 11.5. The third kappa shape index (κ3) is 2.72. The van der Waals surface area contributed by atoms with Crippen LogP contribution < -0.4 is 11.5 Å². The number of rotatable bonds is 5. The van der Waals surface area contributed by atoms with Crippen LogP contribution in [-0.4, -0.2) is 33.1 Å². The molecule has 0 heterocycles. The molecular formula is C12H20N2O4. The van der Waals surface area contributed by atoms with Gasteiger partial charge in [-0.25, -0.2) is 4.79 Å². The van der Waals surface area contributed by atoms with Crippen molar-refractivity contribution in [2.24, 2.45) is 17.4 Å². The molecule has 0 saturated carbocycles. The number of hydrogen-bond acceptors (Lipinski definition) is 5. The number of carboxylic acids is 1. The average Bonchev–Trinajstić information content (AvgIpc) is 2.29. The summed E-state index contributed by atoms with van der Waals surface area (Å²) in [5, 5.41) is 27.1. The molecule has 6 nitrogen and oxygen atoms in total. The first-order chi connectivity index (χ1) is 8.32. The maximum atomic E-state index is 11.3. The Bertz CT molecular complexity index is 390. The molecule has 0 spiro atoms. The molecule has 102 valence electrons. The quantitative estimate of drug-likeness (QED) is 0.428. The molecule has 0 aliphatic heterocycles. The molecule has 2 atom stereocenters. The second-order valence-corrected chi connectivity index (χ2v) is 4.52. The van der Waals surface area contributed by atoms with Gasteiger partial charge in [0.05, 0.1) is 0 Å². The molecule has 0 radical (unpaired) electrons. The molecule has 0 aromatic carbocycles. The van der Waals surface area contributed by atoms with Crippen LogP contribution in [0.5, 0.6) is 0 Å². The van der Waals surface area contributed by atoms with Crippen LogP contribution in [0.3, 0.4) is 0 Å². The van der Waals surface area contributed by atoms with Crippen molar-refractivity contribution in [2.75, 3.05) is 0 Å². The van der Waals surface area contributed by atoms with Gasteiger partial charge >= 0.3 is 5.97 Å². The van der Waals surface area contributed by atoms with E-state index >= 15 is 0 Å². The number of aliphatic hydroxyl groups is 2. The number of aliphatic carboxylic acids is 1. The monoisotopic (exact) mass is 256 g/mol. The molecule has 6 heteroatoms. The summed E-state index contributed by atoms with van der Waals surface area (Å²) < 4.78 is 0. The van der Waals surface area contributed by atoms with Crippen LogP contribution in [0.25, 0.3) is 0 Å². The molecule has 0 saturated heterocycles. The van der Waals surface area contributed by atoms with Crippen LogP contribution in [0.2, 0.25) is 0 Å². The van der Waals surface area contributed by atoms with Crippen molar-refractivity contribution >= 4 is 5.97 Å². The molecule has 0 amide bonds. The minimum absolute atomic E-state index is 0.0571. The van der Waals surface area contributed by atoms with Crippen LogP contribution in [-0.2, 0) is 4.79 Å². The van der Waals surface area contributed by atoms with Gasteiger partial charge in [0.25, 0.3) is 0 Å². The number of nitrogens with two attached hydrogens (primary N) is 2. The summed E-state index contributed by atoms with van der Waals surface area (Å²) >= 11 is 0. The van der Waals surface area contributed by atoms with Crippen LogP contribution in [0.1, 0.15) is 26.2 Å². The second-order valence-electron chi connectivity index (χ2n) is 4.52. The predicted octanol–water partition coefficient (Wildman–Crippen LogP) is -0.332. The zero-order valence-electron chi connectivity index (χ0n) is 10.3. The molecule has 0 aromatic rings. The van der Waals surface area contributed by atoms with Gasteiger partial charge in [-0.3, -0.25) is 0 Å². The predicted molar refractivity (Wildman–Crippen MR) is 66.1 cm³/mol. The van der Waals surface area contributed by atoms with Crippen molar-refractivity contribution in [1.29, 1.82) is 0 Å². The van der Waals surface area contributed by atoms with Crippen LogP contribution >= 0.6 is 0 Å². The standard InChI is InChI=1S/C12H20N2O4/c1-2-7-8(3-4-10(15)16)12(14,11(17)18)6-5-9(7)13/h5-6,8,10,15-16H,2-4,13-14H2,1H3,(H,17,18). The number of aliphatic hydroxyl groups excluding tert-OH is 1. The highest BCUT2D eigenvalue weighted by atomic mass is 16.5. The van der Waals surface area contributed by atoms with Gasteiger partial charge < -0.3 is 26.8 Å². The van der Waals surface area contributed by atoms with E-state index in [1.165, 1.54) is 12.2 Å². The lowest BCUT2D eigenvalue weighted by atomic mass is 9.72. The minimum atomic E-state index is -1.54. The Morgan fingerprint density at radius 2 is 2.17 bits per heavy atom. The van der Waals surface area contributed by atoms with Crippen molar-refractivity contribution in [1.82, 2.24) is 0 Å². The van der Waals surface area contributed by atoms with E-state index in [4.69, 9.17) is 21.7 Å². The lowest BCUT2D eigenvalue weighted by molar-refractivity contribution is -0.143. The molecule has 7 N–H and O–H groups in total. The number of carbonyl (C=O) groups is 1. The van der Waals surface area contributed by atoms with Gasteiger partial charge in [0.2, 0.25) is 0 Å². The van der Waals surface area contributed by atoms with Gasteiger partial charge in [-0.05, 0) is 30.9 Å². The van der Waals surface area contributed by atoms with Gasteiger partial charge in [0, 0.05) is 11.6 Å². The van der Waals surface area contributed by atoms with E-state index in [9.17, 15) is 9.90 Å². The van der Waals surface area contributed by atoms with Gasteiger partial charge in [0.1, 0.15) is 5.54 Å². The van der Waals surface area contributed by atoms with Gasteiger partial charge in [-0.15, -0.1) is 0 Å². The second kappa shape index (κ2) is 5.51. The maximum Gasteiger partial charge on any atom is 0.328 e. The van der Waals surface area contributed by atoms with Crippen LogP contribution in [0.4, 0.5) is 0 Å². The Kier molecular flexibility index (Phi) is 4.50. The van der Waals surface area contributed by atoms with E-state index in [0.717, 1.165) is 5.57 Å². The topological polar surface area (TPSA) is 130 Å². The fraction of sp³-hybridized carbons (Fsp3) is 0.583. The SMILES string of the molecule is CCC1=C(N)C=CC(N)(C(=O)O)C1CCC(O)O. The largest absolute Gasteiger partial charge is 0.480 e. The Hall–Kier alpha value is -1.37. The first-order valence-electron chi connectivity index (χ1n) is 5.89. The number of hydrogen-bond donors (Lipinski definition) is 5. The third-order valence-electron chi connectivity index (χ3n) is 3.37. The first kappa shape index (κ1) is 14.7. The van der Waals surface area contributed by atoms with Crippen LogP contribution in [0.15, 0.2) is 23.4 Å². The van der Waals surface area contributed by atoms with E-state index in [0.29, 0.717) is 12.1 Å². The molecule has 0 aromatic heterocycles. The van der Waals surface area contributed by atoms with E-state index in [-0.39, 0.29) is 12.8 Å². The van der Waals surface area contributed by atoms with E-state index < -0.39 is 23.7 Å². The van der Waals surface area contributed by atoms with Crippen molar-refractivity contribution in [2.45, 2.75) is 38.0 Å². The molecule has 18 heavy (non-hydrogen) atoms. The summed E-state index contributed by atoms with van der Waals surface area (Å²) in [6, 6.07) is 0. The molecular weight excluding hydrogens is 236 g/mol. The van der Waals surface area contributed by atoms with Crippen LogP contribution in [0, 0.1) is 5.92 Å². The first-order valence-corrected chi connectivity index (χ1v) is 5.89. The fourth-order valence-corrected chi connectivity index (χ4v) is 2.34. The molecule has 1 rings (SSSR count). The fourth-order valence-electron chi connectivity index (χ4n) is 2.34. The molecule has 2 unspecified atom stereocenters. The van der Waals surface area contributed by atoms with Gasteiger partial charge in [-0.2, -0.15) is 0 Å². The van der Waals surface area contributed by atoms with Crippen molar-refractivity contribution in [3.63, 3.8) is 0 Å². The van der Waals surface area contributed by atoms with Gasteiger partial charge in [0.15, 0.2) is 6.29 Å². The highest BCUT2D eigenvalue weighted by molar-refractivity contribution is 5.83. The molecule has 1 aliphatic carbocycles. The maximum absolute atomic E-state index is 11.3. The summed E-state index contributed by atoms with van der Waals surface area (Å²) in [6.07, 6.45) is 2.30. The van der Waals surface area contributed by atoms with E-state index in [2.05, 4.69) is 0 Å². The van der Waals surface area contributed by atoms with Gasteiger partial charge in [-0.1, -0.05) is 13.0 Å². The molecule has 0 fully saturated rings. The van der Waals surface area contributed by atoms with E-state index in [1.807, 2.05) is 6.92 Å². The molecule has 0 bridgehead atoms. The number of allylic oxidation sites excluding steroid dienone is 1. The Balaban J connectivity index is 3.07. The summed E-state index contributed by atoms with van der Waals surface area (Å²) in [7, 11) is 0. The lowest BCUT2D eigenvalue weighted by Gasteiger charge is -2.36. The van der Waals surface area contributed by atoms with Crippen molar-refractivity contribution in [3.05, 3.63) is 23.4 Å². The highest BCUT2D eigenvalue weighted by Crippen LogP contribution is 2.36. The highest BCUT2D eigenvalue weighted by Gasteiger charge is 2.43. The zero-order valence-corrected chi connectivity index (χ0v) is 10.3. The Morgan fingerprint density at radius 1 is 1.56 bits per heavy atom. The average molecular weight is 256 g/mol. The third-order valence-corrected chi connectivity index (χ3v) is 3.37. The van der Waals surface area contributed by atoms with Crippen molar-refractivity contribution in [3.8, 4) is 0 Å². The summed E-state index contributed by atoms with van der Waals surface area (Å²) in [6.45, 7) is 1.87. The lowest BCUT2D eigenvalue weighted by Crippen LogP contribution is -2.54. The Morgan fingerprint density at radius 3 is 2.61 bits per heavy atom.